The van der Waals surface area contributed by atoms with Crippen LogP contribution in [0.3, 0.4) is 0 Å². The number of carbonyl (C=O) groups excluding carboxylic acids is 3. The summed E-state index contributed by atoms with van der Waals surface area (Å²) in [7, 11) is 0. The van der Waals surface area contributed by atoms with E-state index in [9.17, 15) is 14.4 Å². The number of carbonyl (C=O) groups is 3. The first-order valence-corrected chi connectivity index (χ1v) is 36.3. The van der Waals surface area contributed by atoms with Gasteiger partial charge >= 0.3 is 17.9 Å². The number of hydrogen-bond donors (Lipinski definition) is 0. The highest BCUT2D eigenvalue weighted by molar-refractivity contribution is 5.71. The van der Waals surface area contributed by atoms with E-state index in [1.165, 1.54) is 263 Å². The van der Waals surface area contributed by atoms with E-state index in [-0.39, 0.29) is 31.1 Å². The molecule has 0 rings (SSSR count). The molecule has 1 atom stereocenters. The van der Waals surface area contributed by atoms with Crippen molar-refractivity contribution in [2.75, 3.05) is 13.2 Å². The third kappa shape index (κ3) is 67.9. The molecule has 0 fully saturated rings. The van der Waals surface area contributed by atoms with Crippen molar-refractivity contribution in [2.45, 2.75) is 393 Å². The highest BCUT2D eigenvalue weighted by Gasteiger charge is 2.19. The van der Waals surface area contributed by atoms with Crippen LogP contribution in [0.4, 0.5) is 0 Å². The van der Waals surface area contributed by atoms with Gasteiger partial charge in [-0.2, -0.15) is 0 Å². The highest BCUT2D eigenvalue weighted by atomic mass is 16.6. The second kappa shape index (κ2) is 70.6. The summed E-state index contributed by atoms with van der Waals surface area (Å²) in [5.41, 5.74) is 0. The second-order valence-corrected chi connectivity index (χ2v) is 24.5. The van der Waals surface area contributed by atoms with Crippen LogP contribution in [0.1, 0.15) is 387 Å². The minimum absolute atomic E-state index is 0.0688. The molecular weight excluding hydrogens is 1010 g/mol. The number of ether oxygens (including phenoxy) is 3. The molecule has 478 valence electrons. The minimum atomic E-state index is -0.771. The SMILES string of the molecule is CC/C=C\C/C=C\C/C=C\C/C=C\CCCCCCCCCCCCCCCCC(=O)OC(COC(=O)CCCCCCCCCC)COC(=O)CCCCCCCCCCCCCCCCCCC/C=C\CCCCCCCCCC. The molecule has 0 aromatic heterocycles. The summed E-state index contributed by atoms with van der Waals surface area (Å²) in [6.07, 6.45) is 91.4. The Bertz CT molecular complexity index is 1460. The van der Waals surface area contributed by atoms with E-state index >= 15 is 0 Å². The molecule has 0 heterocycles. The first-order valence-electron chi connectivity index (χ1n) is 36.3. The van der Waals surface area contributed by atoms with Gasteiger partial charge in [0.15, 0.2) is 6.10 Å². The highest BCUT2D eigenvalue weighted by Crippen LogP contribution is 2.18. The average molecular weight is 1150 g/mol. The zero-order valence-corrected chi connectivity index (χ0v) is 55.0. The predicted octanol–water partition coefficient (Wildman–Crippen LogP) is 25.1. The molecule has 0 aliphatic heterocycles. The molecule has 0 aromatic carbocycles. The molecule has 0 amide bonds. The minimum Gasteiger partial charge on any atom is -0.462 e. The van der Waals surface area contributed by atoms with Crippen molar-refractivity contribution in [3.8, 4) is 0 Å². The summed E-state index contributed by atoms with van der Waals surface area (Å²) in [5, 5.41) is 0. The maximum Gasteiger partial charge on any atom is 0.306 e. The topological polar surface area (TPSA) is 78.9 Å². The fourth-order valence-corrected chi connectivity index (χ4v) is 10.8. The number of hydrogen-bond acceptors (Lipinski definition) is 6. The maximum atomic E-state index is 12.9. The normalized spacial score (nSPS) is 12.4. The summed E-state index contributed by atoms with van der Waals surface area (Å²) in [5.74, 6) is -0.850. The van der Waals surface area contributed by atoms with Crippen molar-refractivity contribution >= 4 is 17.9 Å². The lowest BCUT2D eigenvalue weighted by Gasteiger charge is -2.18. The van der Waals surface area contributed by atoms with Gasteiger partial charge in [-0.15, -0.1) is 0 Å². The summed E-state index contributed by atoms with van der Waals surface area (Å²) in [6, 6.07) is 0. The first kappa shape index (κ1) is 79.1. The van der Waals surface area contributed by atoms with E-state index in [2.05, 4.69) is 81.5 Å². The van der Waals surface area contributed by atoms with Crippen molar-refractivity contribution in [1.29, 1.82) is 0 Å². The Labute approximate surface area is 510 Å². The van der Waals surface area contributed by atoms with Crippen molar-refractivity contribution in [1.82, 2.24) is 0 Å². The van der Waals surface area contributed by atoms with Gasteiger partial charge in [-0.1, -0.05) is 345 Å². The Hall–Kier alpha value is -2.89. The van der Waals surface area contributed by atoms with Gasteiger partial charge in [0.25, 0.3) is 0 Å². The number of unbranched alkanes of at least 4 members (excludes halogenated alkanes) is 46. The monoisotopic (exact) mass is 1150 g/mol. The second-order valence-electron chi connectivity index (χ2n) is 24.5. The van der Waals surface area contributed by atoms with E-state index < -0.39 is 6.10 Å². The largest absolute Gasteiger partial charge is 0.462 e. The third-order valence-corrected chi connectivity index (χ3v) is 16.3. The lowest BCUT2D eigenvalue weighted by molar-refractivity contribution is -0.167. The predicted molar refractivity (Wildman–Crippen MR) is 358 cm³/mol. The van der Waals surface area contributed by atoms with E-state index in [0.717, 1.165) is 83.5 Å². The average Bonchev–Trinajstić information content (AvgIpc) is 3.48. The Kier molecular flexibility index (Phi) is 68.1. The zero-order valence-electron chi connectivity index (χ0n) is 55.0. The Morgan fingerprint density at radius 2 is 0.476 bits per heavy atom. The molecule has 1 unspecified atom stereocenters. The number of allylic oxidation sites excluding steroid dienone is 10. The molecule has 0 radical (unpaired) electrons. The number of rotatable bonds is 67. The lowest BCUT2D eigenvalue weighted by Crippen LogP contribution is -2.30. The summed E-state index contributed by atoms with van der Waals surface area (Å²) in [4.78, 5) is 38.3. The van der Waals surface area contributed by atoms with Crippen molar-refractivity contribution < 1.29 is 28.6 Å². The summed E-state index contributed by atoms with van der Waals surface area (Å²) < 4.78 is 16.9. The zero-order chi connectivity index (χ0) is 59.2. The first-order chi connectivity index (χ1) is 40.5. The van der Waals surface area contributed by atoms with Gasteiger partial charge in [0.2, 0.25) is 0 Å². The molecule has 6 heteroatoms. The molecule has 0 aromatic rings. The molecule has 0 saturated heterocycles. The molecule has 0 N–H and O–H groups in total. The third-order valence-electron chi connectivity index (χ3n) is 16.3. The van der Waals surface area contributed by atoms with Crippen molar-refractivity contribution in [3.05, 3.63) is 60.8 Å². The van der Waals surface area contributed by atoms with E-state index in [0.29, 0.717) is 19.3 Å². The van der Waals surface area contributed by atoms with Gasteiger partial charge in [0.1, 0.15) is 13.2 Å². The van der Waals surface area contributed by atoms with Crippen molar-refractivity contribution in [2.24, 2.45) is 0 Å². The van der Waals surface area contributed by atoms with Gasteiger partial charge in [-0.25, -0.2) is 0 Å². The quantitative estimate of drug-likeness (QED) is 0.0261. The van der Waals surface area contributed by atoms with Crippen LogP contribution >= 0.6 is 0 Å². The molecule has 0 aliphatic rings. The van der Waals surface area contributed by atoms with Crippen LogP contribution < -0.4 is 0 Å². The maximum absolute atomic E-state index is 12.9. The van der Waals surface area contributed by atoms with Crippen LogP contribution in [0, 0.1) is 0 Å². The fourth-order valence-electron chi connectivity index (χ4n) is 10.8. The number of esters is 3. The smallest absolute Gasteiger partial charge is 0.306 e. The van der Waals surface area contributed by atoms with E-state index in [1.54, 1.807) is 0 Å². The molecule has 0 bridgehead atoms. The van der Waals surface area contributed by atoms with Gasteiger partial charge in [-0.3, -0.25) is 14.4 Å². The van der Waals surface area contributed by atoms with Crippen LogP contribution in [0.25, 0.3) is 0 Å². The molecule has 82 heavy (non-hydrogen) atoms. The molecular formula is C76H138O6. The van der Waals surface area contributed by atoms with Crippen molar-refractivity contribution in [3.63, 3.8) is 0 Å². The fraction of sp³-hybridized carbons (Fsp3) is 0.829. The summed E-state index contributed by atoms with van der Waals surface area (Å²) in [6.45, 7) is 6.56. The van der Waals surface area contributed by atoms with E-state index in [4.69, 9.17) is 14.2 Å². The molecule has 6 nitrogen and oxygen atoms in total. The Balaban J connectivity index is 4.06. The molecule has 0 saturated carbocycles. The Morgan fingerprint density at radius 3 is 0.756 bits per heavy atom. The van der Waals surface area contributed by atoms with Gasteiger partial charge < -0.3 is 14.2 Å². The summed E-state index contributed by atoms with van der Waals surface area (Å²) >= 11 is 0. The van der Waals surface area contributed by atoms with Crippen LogP contribution in [0.2, 0.25) is 0 Å². The van der Waals surface area contributed by atoms with Gasteiger partial charge in [0, 0.05) is 19.3 Å². The standard InChI is InChI=1S/C76H138O6/c1-4-7-10-13-16-19-21-23-25-27-29-31-33-35-37-38-40-41-43-45-47-49-51-53-55-57-60-63-66-69-75(78)81-72-73(71-80-74(77)68-65-62-59-18-15-12-9-6-3)82-76(79)70-67-64-61-58-56-54-52-50-48-46-44-42-39-36-34-32-30-28-26-24-22-20-17-14-11-8-5-2/h8,11,17,20,24,26-27,29-30,32,73H,4-7,9-10,12-16,18-19,21-23,25,28,31,33-72H2,1-3H3/b11-8-,20-17-,26-24-,29-27-,32-30-. The van der Waals surface area contributed by atoms with Crippen LogP contribution in [0.5, 0.6) is 0 Å². The van der Waals surface area contributed by atoms with Crippen LogP contribution in [0.15, 0.2) is 60.8 Å². The van der Waals surface area contributed by atoms with Crippen LogP contribution in [-0.4, -0.2) is 37.2 Å². The molecule has 0 spiro atoms. The van der Waals surface area contributed by atoms with Gasteiger partial charge in [-0.05, 0) is 83.5 Å². The van der Waals surface area contributed by atoms with E-state index in [1.807, 2.05) is 0 Å². The molecule has 0 aliphatic carbocycles. The Morgan fingerprint density at radius 1 is 0.256 bits per heavy atom. The van der Waals surface area contributed by atoms with Gasteiger partial charge in [0.05, 0.1) is 0 Å². The lowest BCUT2D eigenvalue weighted by atomic mass is 10.0. The van der Waals surface area contributed by atoms with Crippen LogP contribution in [-0.2, 0) is 28.6 Å².